The zero-order valence-corrected chi connectivity index (χ0v) is 12.2. The lowest BCUT2D eigenvalue weighted by Gasteiger charge is -2.10. The number of methoxy groups -OCH3 is 1. The molecule has 1 aromatic carbocycles. The molecule has 0 aliphatic carbocycles. The first-order valence-electron chi connectivity index (χ1n) is 6.66. The van der Waals surface area contributed by atoms with E-state index in [9.17, 15) is 13.2 Å². The topological polar surface area (TPSA) is 47.0 Å². The molecule has 0 saturated carbocycles. The third kappa shape index (κ3) is 4.17. The molecule has 0 aliphatic heterocycles. The summed E-state index contributed by atoms with van der Waals surface area (Å²) in [6.07, 6.45) is -4.38. The summed E-state index contributed by atoms with van der Waals surface area (Å²) in [6, 6.07) is 6.71. The molecule has 0 aliphatic rings. The van der Waals surface area contributed by atoms with Crippen LogP contribution in [0.25, 0.3) is 11.3 Å². The van der Waals surface area contributed by atoms with E-state index in [0.717, 1.165) is 12.1 Å². The molecule has 0 bridgehead atoms. The van der Waals surface area contributed by atoms with Gasteiger partial charge < -0.3 is 10.1 Å². The average Bonchev–Trinajstić information content (AvgIpc) is 2.46. The van der Waals surface area contributed by atoms with E-state index in [-0.39, 0.29) is 0 Å². The Kier molecular flexibility index (Phi) is 4.97. The van der Waals surface area contributed by atoms with E-state index in [1.165, 1.54) is 6.07 Å². The molecule has 1 aromatic heterocycles. The Morgan fingerprint density at radius 2 is 1.95 bits per heavy atom. The SMILES string of the molecule is COCCNc1cc(-c2cccc(C(F)(F)F)c2)nc(C)n1. The molecule has 0 saturated heterocycles. The Morgan fingerprint density at radius 1 is 1.18 bits per heavy atom. The standard InChI is InChI=1S/C15H16F3N3O/c1-10-20-13(9-14(21-10)19-6-7-22-2)11-4-3-5-12(8-11)15(16,17)18/h3-5,8-9H,6-7H2,1-2H3,(H,19,20,21). The number of aryl methyl sites for hydroxylation is 1. The molecule has 1 heterocycles. The minimum absolute atomic E-state index is 0.398. The van der Waals surface area contributed by atoms with Gasteiger partial charge in [0, 0.05) is 25.3 Å². The molecule has 1 N–H and O–H groups in total. The monoisotopic (exact) mass is 311 g/mol. The van der Waals surface area contributed by atoms with Crippen LogP contribution in [0.1, 0.15) is 11.4 Å². The second kappa shape index (κ2) is 6.74. The van der Waals surface area contributed by atoms with Crippen LogP contribution < -0.4 is 5.32 Å². The maximum absolute atomic E-state index is 12.8. The number of hydrogen-bond donors (Lipinski definition) is 1. The molecule has 2 aromatic rings. The fourth-order valence-corrected chi connectivity index (χ4v) is 1.94. The molecule has 0 fully saturated rings. The number of anilines is 1. The molecular weight excluding hydrogens is 295 g/mol. The van der Waals surface area contributed by atoms with E-state index in [1.807, 2.05) is 0 Å². The van der Waals surface area contributed by atoms with Crippen molar-refractivity contribution in [1.82, 2.24) is 9.97 Å². The highest BCUT2D eigenvalue weighted by Crippen LogP contribution is 2.32. The van der Waals surface area contributed by atoms with Crippen LogP contribution >= 0.6 is 0 Å². The first kappa shape index (κ1) is 16.2. The highest BCUT2D eigenvalue weighted by molar-refractivity contribution is 5.63. The van der Waals surface area contributed by atoms with Gasteiger partial charge in [0.05, 0.1) is 17.9 Å². The summed E-state index contributed by atoms with van der Waals surface area (Å²) in [5, 5.41) is 3.04. The number of ether oxygens (including phenoxy) is 1. The first-order chi connectivity index (χ1) is 10.4. The smallest absolute Gasteiger partial charge is 0.383 e. The number of aromatic nitrogens is 2. The van der Waals surface area contributed by atoms with Crippen molar-refractivity contribution < 1.29 is 17.9 Å². The highest BCUT2D eigenvalue weighted by atomic mass is 19.4. The van der Waals surface area contributed by atoms with Gasteiger partial charge in [-0.15, -0.1) is 0 Å². The van der Waals surface area contributed by atoms with Crippen LogP contribution in [-0.4, -0.2) is 30.2 Å². The summed E-state index contributed by atoms with van der Waals surface area (Å²) in [6.45, 7) is 2.75. The number of hydrogen-bond acceptors (Lipinski definition) is 4. The van der Waals surface area contributed by atoms with Gasteiger partial charge in [-0.25, -0.2) is 9.97 Å². The van der Waals surface area contributed by atoms with Crippen molar-refractivity contribution in [2.45, 2.75) is 13.1 Å². The largest absolute Gasteiger partial charge is 0.416 e. The van der Waals surface area contributed by atoms with Crippen LogP contribution in [-0.2, 0) is 10.9 Å². The minimum atomic E-state index is -4.38. The van der Waals surface area contributed by atoms with E-state index in [4.69, 9.17) is 4.74 Å². The van der Waals surface area contributed by atoms with Gasteiger partial charge in [0.1, 0.15) is 11.6 Å². The van der Waals surface area contributed by atoms with Gasteiger partial charge in [-0.2, -0.15) is 13.2 Å². The molecule has 0 amide bonds. The predicted octanol–water partition coefficient (Wildman–Crippen LogP) is 3.53. The van der Waals surface area contributed by atoms with E-state index < -0.39 is 11.7 Å². The lowest BCUT2D eigenvalue weighted by atomic mass is 10.1. The van der Waals surface area contributed by atoms with E-state index in [1.54, 1.807) is 26.2 Å². The van der Waals surface area contributed by atoms with Gasteiger partial charge in [-0.05, 0) is 19.1 Å². The van der Waals surface area contributed by atoms with Crippen LogP contribution in [0.2, 0.25) is 0 Å². The number of nitrogens with zero attached hydrogens (tertiary/aromatic N) is 2. The van der Waals surface area contributed by atoms with Crippen molar-refractivity contribution in [3.05, 3.63) is 41.7 Å². The summed E-state index contributed by atoms with van der Waals surface area (Å²) in [5.41, 5.74) is 0.142. The number of nitrogens with one attached hydrogen (secondary N) is 1. The zero-order valence-electron chi connectivity index (χ0n) is 12.2. The molecule has 2 rings (SSSR count). The lowest BCUT2D eigenvalue weighted by molar-refractivity contribution is -0.137. The number of alkyl halides is 3. The molecule has 0 atom stereocenters. The van der Waals surface area contributed by atoms with E-state index in [0.29, 0.717) is 36.1 Å². The molecular formula is C15H16F3N3O. The Balaban J connectivity index is 2.32. The van der Waals surface area contributed by atoms with Crippen LogP contribution in [0.15, 0.2) is 30.3 Å². The second-order valence-electron chi connectivity index (χ2n) is 4.68. The molecule has 0 unspecified atom stereocenters. The van der Waals surface area contributed by atoms with E-state index in [2.05, 4.69) is 15.3 Å². The van der Waals surface area contributed by atoms with Crippen molar-refractivity contribution in [2.24, 2.45) is 0 Å². The van der Waals surface area contributed by atoms with Crippen LogP contribution in [0.5, 0.6) is 0 Å². The van der Waals surface area contributed by atoms with Crippen LogP contribution in [0.3, 0.4) is 0 Å². The van der Waals surface area contributed by atoms with Gasteiger partial charge in [0.15, 0.2) is 0 Å². The third-order valence-electron chi connectivity index (χ3n) is 2.94. The fourth-order valence-electron chi connectivity index (χ4n) is 1.94. The quantitative estimate of drug-likeness (QED) is 0.858. The summed E-state index contributed by atoms with van der Waals surface area (Å²) in [7, 11) is 1.58. The number of halogens is 3. The molecule has 0 spiro atoms. The second-order valence-corrected chi connectivity index (χ2v) is 4.68. The number of rotatable bonds is 5. The summed E-state index contributed by atoms with van der Waals surface area (Å²) < 4.78 is 43.3. The maximum Gasteiger partial charge on any atom is 0.416 e. The van der Waals surface area contributed by atoms with Crippen molar-refractivity contribution >= 4 is 5.82 Å². The maximum atomic E-state index is 12.8. The first-order valence-corrected chi connectivity index (χ1v) is 6.66. The van der Waals surface area contributed by atoms with Crippen molar-refractivity contribution in [1.29, 1.82) is 0 Å². The van der Waals surface area contributed by atoms with Gasteiger partial charge in [-0.3, -0.25) is 0 Å². The Bertz CT molecular complexity index is 644. The summed E-state index contributed by atoms with van der Waals surface area (Å²) in [4.78, 5) is 8.41. The van der Waals surface area contributed by atoms with Crippen LogP contribution in [0.4, 0.5) is 19.0 Å². The normalized spacial score (nSPS) is 11.5. The fraction of sp³-hybridized carbons (Fsp3) is 0.333. The molecule has 22 heavy (non-hydrogen) atoms. The predicted molar refractivity (Wildman–Crippen MR) is 77.6 cm³/mol. The Hall–Kier alpha value is -2.15. The summed E-state index contributed by atoms with van der Waals surface area (Å²) >= 11 is 0. The Labute approximate surface area is 126 Å². The van der Waals surface area contributed by atoms with Crippen LogP contribution in [0, 0.1) is 6.92 Å². The summed E-state index contributed by atoms with van der Waals surface area (Å²) in [5.74, 6) is 1.03. The molecule has 4 nitrogen and oxygen atoms in total. The molecule has 118 valence electrons. The van der Waals surface area contributed by atoms with Crippen molar-refractivity contribution in [2.75, 3.05) is 25.6 Å². The minimum Gasteiger partial charge on any atom is -0.383 e. The van der Waals surface area contributed by atoms with Crippen molar-refractivity contribution in [3.63, 3.8) is 0 Å². The zero-order chi connectivity index (χ0) is 16.2. The Morgan fingerprint density at radius 3 is 2.64 bits per heavy atom. The third-order valence-corrected chi connectivity index (χ3v) is 2.94. The lowest BCUT2D eigenvalue weighted by Crippen LogP contribution is -2.10. The number of benzene rings is 1. The van der Waals surface area contributed by atoms with Crippen molar-refractivity contribution in [3.8, 4) is 11.3 Å². The average molecular weight is 311 g/mol. The molecule has 0 radical (unpaired) electrons. The highest BCUT2D eigenvalue weighted by Gasteiger charge is 2.30. The molecule has 7 heteroatoms. The van der Waals surface area contributed by atoms with Gasteiger partial charge in [-0.1, -0.05) is 12.1 Å². The van der Waals surface area contributed by atoms with Gasteiger partial charge in [0.25, 0.3) is 0 Å². The van der Waals surface area contributed by atoms with Gasteiger partial charge >= 0.3 is 6.18 Å². The van der Waals surface area contributed by atoms with E-state index >= 15 is 0 Å². The van der Waals surface area contributed by atoms with Gasteiger partial charge in [0.2, 0.25) is 0 Å².